The zero-order chi connectivity index (χ0) is 31.1. The lowest BCUT2D eigenvalue weighted by molar-refractivity contribution is 1.20. The second-order valence-corrected chi connectivity index (χ2v) is 14.1. The first-order valence-corrected chi connectivity index (χ1v) is 17.3. The molecular weight excluding hydrogens is 609 g/mol. The van der Waals surface area contributed by atoms with Crippen LogP contribution >= 0.6 is 22.7 Å². The molecule has 10 aromatic rings. The molecule has 2 nitrogen and oxygen atoms in total. The van der Waals surface area contributed by atoms with Gasteiger partial charge in [-0.2, -0.15) is 0 Å². The minimum absolute atomic E-state index is 0.705. The van der Waals surface area contributed by atoms with Gasteiger partial charge in [0.2, 0.25) is 5.69 Å². The monoisotopic (exact) mass is 632 g/mol. The molecule has 0 aliphatic rings. The van der Waals surface area contributed by atoms with E-state index in [9.17, 15) is 0 Å². The lowest BCUT2D eigenvalue weighted by atomic mass is 9.97. The second kappa shape index (κ2) is 10.1. The summed E-state index contributed by atoms with van der Waals surface area (Å²) in [6, 6.07) is 52.3. The molecule has 0 aliphatic carbocycles. The Morgan fingerprint density at radius 1 is 0.468 bits per heavy atom. The summed E-state index contributed by atoms with van der Waals surface area (Å²) >= 11 is 3.56. The fraction of sp³-hybridized carbons (Fsp3) is 0. The number of aromatic nitrogens is 1. The fourth-order valence-corrected chi connectivity index (χ4v) is 9.72. The first-order valence-electron chi connectivity index (χ1n) is 15.6. The van der Waals surface area contributed by atoms with E-state index in [0.717, 1.165) is 21.3 Å². The van der Waals surface area contributed by atoms with Gasteiger partial charge in [-0.25, -0.2) is 4.85 Å². The third kappa shape index (κ3) is 3.88. The van der Waals surface area contributed by atoms with Gasteiger partial charge in [-0.15, -0.1) is 22.7 Å². The highest BCUT2D eigenvalue weighted by Gasteiger charge is 2.20. The molecule has 0 N–H and O–H groups in total. The molecule has 0 radical (unpaired) electrons. The molecule has 0 amide bonds. The van der Waals surface area contributed by atoms with Gasteiger partial charge >= 0.3 is 0 Å². The van der Waals surface area contributed by atoms with E-state index in [0.29, 0.717) is 5.69 Å². The fourth-order valence-electron chi connectivity index (χ4n) is 7.34. The van der Waals surface area contributed by atoms with Crippen LogP contribution in [0.5, 0.6) is 0 Å². The Hall–Kier alpha value is -5.73. The average Bonchev–Trinajstić information content (AvgIpc) is 3.81. The van der Waals surface area contributed by atoms with Crippen molar-refractivity contribution in [1.82, 2.24) is 4.57 Å². The molecule has 4 heteroatoms. The summed E-state index contributed by atoms with van der Waals surface area (Å²) < 4.78 is 7.20. The molecule has 47 heavy (non-hydrogen) atoms. The van der Waals surface area contributed by atoms with Gasteiger partial charge in [-0.3, -0.25) is 0 Å². The predicted octanol–water partition coefficient (Wildman–Crippen LogP) is 13.4. The van der Waals surface area contributed by atoms with Crippen LogP contribution < -0.4 is 0 Å². The van der Waals surface area contributed by atoms with Crippen LogP contribution in [-0.2, 0) is 0 Å². The number of fused-ring (bicyclic) bond motifs is 9. The van der Waals surface area contributed by atoms with Gasteiger partial charge in [0.25, 0.3) is 0 Å². The van der Waals surface area contributed by atoms with Gasteiger partial charge in [0.15, 0.2) is 0 Å². The Labute approximate surface area is 278 Å². The molecule has 3 heterocycles. The topological polar surface area (TPSA) is 9.29 Å². The average molecular weight is 633 g/mol. The Morgan fingerprint density at radius 2 is 1.19 bits per heavy atom. The second-order valence-electron chi connectivity index (χ2n) is 12.0. The van der Waals surface area contributed by atoms with Crippen molar-refractivity contribution in [3.8, 4) is 27.9 Å². The lowest BCUT2D eigenvalue weighted by Gasteiger charge is -2.10. The maximum Gasteiger partial charge on any atom is 0.205 e. The van der Waals surface area contributed by atoms with Crippen molar-refractivity contribution in [3.63, 3.8) is 0 Å². The summed E-state index contributed by atoms with van der Waals surface area (Å²) in [4.78, 5) is 4.10. The summed E-state index contributed by atoms with van der Waals surface area (Å²) in [6.07, 6.45) is 0. The van der Waals surface area contributed by atoms with E-state index in [1.165, 1.54) is 68.8 Å². The zero-order valence-electron chi connectivity index (χ0n) is 25.1. The minimum atomic E-state index is 0.705. The van der Waals surface area contributed by atoms with Crippen LogP contribution in [0.15, 0.2) is 146 Å². The summed E-state index contributed by atoms with van der Waals surface area (Å²) in [7, 11) is 0. The van der Waals surface area contributed by atoms with Gasteiger partial charge in [0, 0.05) is 41.0 Å². The van der Waals surface area contributed by atoms with E-state index in [2.05, 4.69) is 155 Å². The van der Waals surface area contributed by atoms with Crippen LogP contribution in [0.2, 0.25) is 0 Å². The van der Waals surface area contributed by atoms with E-state index in [1.807, 2.05) is 11.3 Å². The third-order valence-electron chi connectivity index (χ3n) is 9.41. The summed E-state index contributed by atoms with van der Waals surface area (Å²) in [6.45, 7) is 8.25. The van der Waals surface area contributed by atoms with Crippen molar-refractivity contribution in [1.29, 1.82) is 0 Å². The highest BCUT2D eigenvalue weighted by molar-refractivity contribution is 7.27. The Kier molecular flexibility index (Phi) is 5.71. The van der Waals surface area contributed by atoms with Gasteiger partial charge in [-0.05, 0) is 76.2 Å². The number of thiophene rings is 2. The molecule has 0 atom stereocenters. The summed E-state index contributed by atoms with van der Waals surface area (Å²) in [5, 5.41) is 7.33. The van der Waals surface area contributed by atoms with E-state index in [-0.39, 0.29) is 0 Å². The van der Waals surface area contributed by atoms with E-state index < -0.39 is 0 Å². The molecule has 7 aromatic carbocycles. The molecule has 218 valence electrons. The Morgan fingerprint density at radius 3 is 2.09 bits per heavy atom. The first-order chi connectivity index (χ1) is 23.3. The lowest BCUT2D eigenvalue weighted by Crippen LogP contribution is -1.93. The molecule has 0 aliphatic heterocycles. The molecule has 0 spiro atoms. The number of para-hydroxylation sites is 1. The number of hydrogen-bond acceptors (Lipinski definition) is 2. The van der Waals surface area contributed by atoms with Crippen LogP contribution in [0.25, 0.3) is 94.9 Å². The van der Waals surface area contributed by atoms with Crippen LogP contribution in [0, 0.1) is 6.57 Å². The normalized spacial score (nSPS) is 11.8. The predicted molar refractivity (Wildman–Crippen MR) is 204 cm³/mol. The largest absolute Gasteiger partial charge is 0.308 e. The van der Waals surface area contributed by atoms with Gasteiger partial charge in [0.1, 0.15) is 0 Å². The molecule has 0 fully saturated rings. The van der Waals surface area contributed by atoms with Gasteiger partial charge < -0.3 is 4.57 Å². The van der Waals surface area contributed by atoms with Crippen LogP contribution in [0.3, 0.4) is 0 Å². The molecule has 10 rings (SSSR count). The third-order valence-corrected chi connectivity index (χ3v) is 11.8. The quantitative estimate of drug-likeness (QED) is 0.171. The molecular formula is C43H24N2S2. The maximum atomic E-state index is 8.25. The highest BCUT2D eigenvalue weighted by atomic mass is 32.1. The molecule has 0 saturated carbocycles. The highest BCUT2D eigenvalue weighted by Crippen LogP contribution is 2.47. The number of rotatable bonds is 3. The molecule has 0 unspecified atom stereocenters. The molecule has 3 aromatic heterocycles. The molecule has 0 saturated heterocycles. The van der Waals surface area contributed by atoms with Crippen molar-refractivity contribution in [2.24, 2.45) is 0 Å². The van der Waals surface area contributed by atoms with Crippen molar-refractivity contribution >= 4 is 90.5 Å². The number of nitrogens with zero attached hydrogens (tertiary/aromatic N) is 2. The van der Waals surface area contributed by atoms with Gasteiger partial charge in [0.05, 0.1) is 28.0 Å². The van der Waals surface area contributed by atoms with Crippen LogP contribution in [0.1, 0.15) is 0 Å². The maximum absolute atomic E-state index is 8.25. The van der Waals surface area contributed by atoms with E-state index >= 15 is 0 Å². The van der Waals surface area contributed by atoms with E-state index in [4.69, 9.17) is 6.57 Å². The standard InChI is InChI=1S/C43H24N2S2/c1-44-35-25-28(29-15-10-20-40-41(29)32-14-6-8-19-39(32)46-40)24-34-31-16-9-18-38(43(31)47-42(34)35)45-36-17-7-5-13-30(36)33-23-27(21-22-37(33)45)26-11-3-2-4-12-26/h2-25H. The minimum Gasteiger partial charge on any atom is -0.308 e. The van der Waals surface area contributed by atoms with Crippen molar-refractivity contribution < 1.29 is 0 Å². The van der Waals surface area contributed by atoms with Crippen LogP contribution in [0.4, 0.5) is 5.69 Å². The smallest absolute Gasteiger partial charge is 0.205 e. The van der Waals surface area contributed by atoms with Crippen molar-refractivity contribution in [2.45, 2.75) is 0 Å². The van der Waals surface area contributed by atoms with Crippen molar-refractivity contribution in [3.05, 3.63) is 157 Å². The Balaban J connectivity index is 1.24. The first kappa shape index (κ1) is 26.5. The van der Waals surface area contributed by atoms with Gasteiger partial charge in [-0.1, -0.05) is 97.1 Å². The summed E-state index contributed by atoms with van der Waals surface area (Å²) in [5.41, 5.74) is 8.90. The van der Waals surface area contributed by atoms with E-state index in [1.54, 1.807) is 11.3 Å². The summed E-state index contributed by atoms with van der Waals surface area (Å²) in [5.74, 6) is 0. The van der Waals surface area contributed by atoms with Crippen LogP contribution in [-0.4, -0.2) is 4.57 Å². The SMILES string of the molecule is [C-]#[N+]c1cc(-c2cccc3sc4ccccc4c23)cc2c1sc1c(-n3c4ccccc4c4cc(-c5ccccc5)ccc43)cccc12. The molecule has 0 bridgehead atoms. The number of hydrogen-bond donors (Lipinski definition) is 0. The van der Waals surface area contributed by atoms with Crippen molar-refractivity contribution in [2.75, 3.05) is 0 Å². The Bertz CT molecular complexity index is 2920. The number of benzene rings is 7. The zero-order valence-corrected chi connectivity index (χ0v) is 26.7.